The Balaban J connectivity index is 2.05. The second-order valence-electron chi connectivity index (χ2n) is 4.25. The van der Waals surface area contributed by atoms with Gasteiger partial charge >= 0.3 is 0 Å². The molecule has 2 aliphatic carbocycles. The van der Waals surface area contributed by atoms with Crippen molar-refractivity contribution >= 4 is 0 Å². The van der Waals surface area contributed by atoms with Crippen molar-refractivity contribution in [1.29, 1.82) is 0 Å². The van der Waals surface area contributed by atoms with E-state index in [0.29, 0.717) is 0 Å². The zero-order valence-corrected chi connectivity index (χ0v) is 6.92. The molecular weight excluding hydrogens is 136 g/mol. The molecule has 1 heteroatoms. The van der Waals surface area contributed by atoms with E-state index in [1.165, 1.54) is 24.8 Å². The van der Waals surface area contributed by atoms with Crippen LogP contribution in [0.15, 0.2) is 12.2 Å². The molecule has 0 aromatic heterocycles. The molecule has 1 N–H and O–H groups in total. The van der Waals surface area contributed by atoms with Crippen molar-refractivity contribution < 1.29 is 5.11 Å². The highest BCUT2D eigenvalue weighted by atomic mass is 16.3. The average Bonchev–Trinajstić information content (AvgIpc) is 1.82. The Morgan fingerprint density at radius 3 is 2.18 bits per heavy atom. The zero-order chi connectivity index (χ0) is 7.84. The largest absolute Gasteiger partial charge is 0.393 e. The molecule has 1 unspecified atom stereocenters. The van der Waals surface area contributed by atoms with E-state index in [-0.39, 0.29) is 6.10 Å². The molecule has 62 valence electrons. The molecule has 0 radical (unpaired) electrons. The summed E-state index contributed by atoms with van der Waals surface area (Å²) in [6, 6.07) is 0. The van der Waals surface area contributed by atoms with E-state index in [4.69, 9.17) is 0 Å². The number of fused-ring (bicyclic) bond motifs is 2. The lowest BCUT2D eigenvalue weighted by Gasteiger charge is -2.37. The van der Waals surface area contributed by atoms with E-state index in [1.54, 1.807) is 0 Å². The monoisotopic (exact) mass is 152 g/mol. The van der Waals surface area contributed by atoms with Gasteiger partial charge in [-0.15, -0.1) is 0 Å². The molecule has 0 amide bonds. The molecule has 0 aliphatic heterocycles. The first-order chi connectivity index (χ1) is 5.24. The summed E-state index contributed by atoms with van der Waals surface area (Å²) in [7, 11) is 0. The van der Waals surface area contributed by atoms with Crippen LogP contribution in [0.1, 0.15) is 32.1 Å². The van der Waals surface area contributed by atoms with Crippen LogP contribution in [0.4, 0.5) is 0 Å². The van der Waals surface area contributed by atoms with Gasteiger partial charge in [0.1, 0.15) is 0 Å². The van der Waals surface area contributed by atoms with Crippen molar-refractivity contribution in [2.45, 2.75) is 38.2 Å². The van der Waals surface area contributed by atoms with E-state index in [9.17, 15) is 5.11 Å². The summed E-state index contributed by atoms with van der Waals surface area (Å²) < 4.78 is 0. The SMILES string of the molecule is C=C1C[C@@H]2CC(O)C[C@H](C1)C2. The van der Waals surface area contributed by atoms with Crippen molar-refractivity contribution in [3.63, 3.8) is 0 Å². The highest BCUT2D eigenvalue weighted by molar-refractivity contribution is 5.04. The third-order valence-corrected chi connectivity index (χ3v) is 3.03. The van der Waals surface area contributed by atoms with Crippen molar-refractivity contribution in [3.8, 4) is 0 Å². The van der Waals surface area contributed by atoms with Gasteiger partial charge in [-0.2, -0.15) is 0 Å². The van der Waals surface area contributed by atoms with Gasteiger partial charge in [-0.05, 0) is 43.9 Å². The van der Waals surface area contributed by atoms with E-state index >= 15 is 0 Å². The average molecular weight is 152 g/mol. The van der Waals surface area contributed by atoms with Gasteiger partial charge in [-0.3, -0.25) is 0 Å². The Hall–Kier alpha value is -0.300. The first-order valence-electron chi connectivity index (χ1n) is 4.58. The predicted molar refractivity (Wildman–Crippen MR) is 45.2 cm³/mol. The predicted octanol–water partition coefficient (Wildman–Crippen LogP) is 2.11. The summed E-state index contributed by atoms with van der Waals surface area (Å²) in [6.45, 7) is 4.04. The van der Waals surface area contributed by atoms with Crippen molar-refractivity contribution in [3.05, 3.63) is 12.2 Å². The number of rotatable bonds is 0. The first-order valence-corrected chi connectivity index (χ1v) is 4.58. The lowest BCUT2D eigenvalue weighted by molar-refractivity contribution is 0.0586. The summed E-state index contributed by atoms with van der Waals surface area (Å²) in [4.78, 5) is 0. The number of aliphatic hydroxyl groups excluding tert-OH is 1. The van der Waals surface area contributed by atoms with Crippen LogP contribution >= 0.6 is 0 Å². The molecular formula is C10H16O. The fourth-order valence-electron chi connectivity index (χ4n) is 2.76. The number of allylic oxidation sites excluding steroid dienone is 1. The van der Waals surface area contributed by atoms with Crippen LogP contribution < -0.4 is 0 Å². The number of aliphatic hydroxyl groups is 1. The minimum Gasteiger partial charge on any atom is -0.393 e. The van der Waals surface area contributed by atoms with Crippen LogP contribution in [0.2, 0.25) is 0 Å². The highest BCUT2D eigenvalue weighted by Crippen LogP contribution is 2.41. The molecule has 1 nitrogen and oxygen atoms in total. The summed E-state index contributed by atoms with van der Waals surface area (Å²) >= 11 is 0. The van der Waals surface area contributed by atoms with Crippen LogP contribution in [0, 0.1) is 11.8 Å². The van der Waals surface area contributed by atoms with Crippen LogP contribution in [-0.4, -0.2) is 11.2 Å². The molecule has 2 fully saturated rings. The van der Waals surface area contributed by atoms with Gasteiger partial charge in [-0.1, -0.05) is 12.2 Å². The maximum absolute atomic E-state index is 9.47. The van der Waals surface area contributed by atoms with E-state index < -0.39 is 0 Å². The summed E-state index contributed by atoms with van der Waals surface area (Å²) in [6.07, 6.45) is 5.73. The molecule has 3 atom stereocenters. The normalized spacial score (nSPS) is 44.1. The molecule has 2 bridgehead atoms. The van der Waals surface area contributed by atoms with Gasteiger partial charge < -0.3 is 5.11 Å². The van der Waals surface area contributed by atoms with Gasteiger partial charge in [0.25, 0.3) is 0 Å². The van der Waals surface area contributed by atoms with Gasteiger partial charge in [0.2, 0.25) is 0 Å². The lowest BCUT2D eigenvalue weighted by atomic mass is 9.70. The molecule has 0 aromatic rings. The minimum atomic E-state index is -0.00755. The highest BCUT2D eigenvalue weighted by Gasteiger charge is 2.31. The van der Waals surface area contributed by atoms with Gasteiger partial charge in [0.05, 0.1) is 6.10 Å². The topological polar surface area (TPSA) is 20.2 Å². The second kappa shape index (κ2) is 2.63. The molecule has 2 saturated carbocycles. The van der Waals surface area contributed by atoms with Crippen LogP contribution in [0.25, 0.3) is 0 Å². The van der Waals surface area contributed by atoms with Crippen molar-refractivity contribution in [1.82, 2.24) is 0 Å². The van der Waals surface area contributed by atoms with Crippen LogP contribution in [0.3, 0.4) is 0 Å². The van der Waals surface area contributed by atoms with Gasteiger partial charge in [0, 0.05) is 0 Å². The maximum atomic E-state index is 9.47. The maximum Gasteiger partial charge on any atom is 0.0545 e. The van der Waals surface area contributed by atoms with Gasteiger partial charge in [0.15, 0.2) is 0 Å². The Bertz CT molecular complexity index is 154. The third kappa shape index (κ3) is 1.48. The Morgan fingerprint density at radius 2 is 1.64 bits per heavy atom. The van der Waals surface area contributed by atoms with Gasteiger partial charge in [-0.25, -0.2) is 0 Å². The Morgan fingerprint density at radius 1 is 1.09 bits per heavy atom. The first kappa shape index (κ1) is 7.35. The van der Waals surface area contributed by atoms with Crippen molar-refractivity contribution in [2.75, 3.05) is 0 Å². The smallest absolute Gasteiger partial charge is 0.0545 e. The zero-order valence-electron chi connectivity index (χ0n) is 6.92. The lowest BCUT2D eigenvalue weighted by Crippen LogP contribution is -2.30. The summed E-state index contributed by atoms with van der Waals surface area (Å²) in [5.41, 5.74) is 1.41. The van der Waals surface area contributed by atoms with E-state index in [0.717, 1.165) is 24.7 Å². The summed E-state index contributed by atoms with van der Waals surface area (Å²) in [5, 5.41) is 9.47. The number of hydrogen-bond donors (Lipinski definition) is 1. The second-order valence-corrected chi connectivity index (χ2v) is 4.25. The quantitative estimate of drug-likeness (QED) is 0.527. The molecule has 0 spiro atoms. The van der Waals surface area contributed by atoms with Crippen molar-refractivity contribution in [2.24, 2.45) is 11.8 Å². The minimum absolute atomic E-state index is 0.00755. The fraction of sp³-hybridized carbons (Fsp3) is 0.800. The number of hydrogen-bond acceptors (Lipinski definition) is 1. The third-order valence-electron chi connectivity index (χ3n) is 3.03. The fourth-order valence-corrected chi connectivity index (χ4v) is 2.76. The molecule has 0 heterocycles. The Labute approximate surface area is 68.1 Å². The van der Waals surface area contributed by atoms with E-state index in [2.05, 4.69) is 6.58 Å². The summed E-state index contributed by atoms with van der Waals surface area (Å²) in [5.74, 6) is 1.51. The molecule has 2 aliphatic rings. The standard InChI is InChI=1S/C10H16O/c1-7-2-8-4-9(3-7)6-10(11)5-8/h8-11H,1-6H2/t8-,9+,10?. The molecule has 0 saturated heterocycles. The Kier molecular flexibility index (Phi) is 1.76. The molecule has 11 heavy (non-hydrogen) atoms. The van der Waals surface area contributed by atoms with Crippen LogP contribution in [-0.2, 0) is 0 Å². The van der Waals surface area contributed by atoms with Crippen LogP contribution in [0.5, 0.6) is 0 Å². The molecule has 2 rings (SSSR count). The van der Waals surface area contributed by atoms with E-state index in [1.807, 2.05) is 0 Å². The molecule has 0 aromatic carbocycles.